The summed E-state index contributed by atoms with van der Waals surface area (Å²) in [4.78, 5) is 13.9. The van der Waals surface area contributed by atoms with Gasteiger partial charge in [-0.15, -0.1) is 0 Å². The third-order valence-electron chi connectivity index (χ3n) is 3.58. The summed E-state index contributed by atoms with van der Waals surface area (Å²) in [5.74, 6) is -0.481. The molecule has 0 heterocycles. The first-order chi connectivity index (χ1) is 8.51. The van der Waals surface area contributed by atoms with Crippen molar-refractivity contribution >= 4 is 5.97 Å². The van der Waals surface area contributed by atoms with E-state index in [2.05, 4.69) is 0 Å². The molecule has 1 aromatic carbocycles. The lowest BCUT2D eigenvalue weighted by Crippen LogP contribution is -2.34. The fraction of sp³-hybridized carbons (Fsp3) is 0.500. The number of ether oxygens (including phenoxy) is 1. The Balaban J connectivity index is 2.38. The number of hydrogen-bond donors (Lipinski definition) is 0. The molecule has 0 N–H and O–H groups in total. The Hall–Kier alpha value is -1.42. The van der Waals surface area contributed by atoms with E-state index in [0.29, 0.717) is 0 Å². The fourth-order valence-electron chi connectivity index (χ4n) is 2.72. The molecule has 1 atom stereocenters. The van der Waals surface area contributed by atoms with E-state index < -0.39 is 5.41 Å². The summed E-state index contributed by atoms with van der Waals surface area (Å²) >= 11 is 0. The number of carbonyl (C=O) groups is 1. The van der Waals surface area contributed by atoms with Crippen LogP contribution in [0.2, 0.25) is 0 Å². The summed E-state index contributed by atoms with van der Waals surface area (Å²) in [5, 5.41) is 0. The van der Waals surface area contributed by atoms with E-state index in [-0.39, 0.29) is 17.8 Å². The van der Waals surface area contributed by atoms with Gasteiger partial charge in [-0.05, 0) is 44.6 Å². The van der Waals surface area contributed by atoms with Crippen LogP contribution in [0, 0.1) is 11.2 Å². The number of benzene rings is 1. The lowest BCUT2D eigenvalue weighted by atomic mass is 9.89. The lowest BCUT2D eigenvalue weighted by Gasteiger charge is -2.31. The van der Waals surface area contributed by atoms with Crippen molar-refractivity contribution in [2.75, 3.05) is 21.2 Å². The van der Waals surface area contributed by atoms with Gasteiger partial charge in [0.15, 0.2) is 0 Å². The van der Waals surface area contributed by atoms with Crippen molar-refractivity contribution in [3.63, 3.8) is 0 Å². The molecule has 0 aromatic heterocycles. The van der Waals surface area contributed by atoms with Crippen molar-refractivity contribution in [1.29, 1.82) is 0 Å². The van der Waals surface area contributed by atoms with Gasteiger partial charge >= 0.3 is 5.97 Å². The Morgan fingerprint density at radius 3 is 2.56 bits per heavy atom. The molecular formula is C14H18FNO2. The molecule has 98 valence electrons. The Morgan fingerprint density at radius 2 is 2.11 bits per heavy atom. The van der Waals surface area contributed by atoms with Gasteiger partial charge in [0.05, 0.1) is 18.6 Å². The molecule has 0 radical (unpaired) electrons. The van der Waals surface area contributed by atoms with Gasteiger partial charge in [-0.25, -0.2) is 4.39 Å². The first-order valence-electron chi connectivity index (χ1n) is 6.01. The summed E-state index contributed by atoms with van der Waals surface area (Å²) in [6, 6.07) is 6.30. The van der Waals surface area contributed by atoms with Gasteiger partial charge in [-0.1, -0.05) is 12.1 Å². The molecule has 4 heteroatoms. The summed E-state index contributed by atoms with van der Waals surface area (Å²) in [7, 11) is 5.21. The van der Waals surface area contributed by atoms with Gasteiger partial charge in [-0.3, -0.25) is 4.79 Å². The summed E-state index contributed by atoms with van der Waals surface area (Å²) in [6.07, 6.45) is 1.58. The number of nitrogens with zero attached hydrogens (tertiary/aromatic N) is 1. The minimum absolute atomic E-state index is 0.138. The molecule has 0 spiro atoms. The Labute approximate surface area is 107 Å². The Bertz CT molecular complexity index is 455. The van der Waals surface area contributed by atoms with Crippen LogP contribution in [-0.2, 0) is 9.53 Å². The minimum atomic E-state index is -0.508. The fourth-order valence-corrected chi connectivity index (χ4v) is 2.72. The van der Waals surface area contributed by atoms with E-state index in [1.54, 1.807) is 6.07 Å². The number of halogens is 1. The minimum Gasteiger partial charge on any atom is -0.469 e. The highest BCUT2D eigenvalue weighted by molar-refractivity contribution is 5.81. The lowest BCUT2D eigenvalue weighted by molar-refractivity contribution is -0.150. The van der Waals surface area contributed by atoms with Crippen LogP contribution in [0.5, 0.6) is 0 Å². The number of rotatable bonds is 4. The quantitative estimate of drug-likeness (QED) is 0.769. The van der Waals surface area contributed by atoms with Crippen LogP contribution in [-0.4, -0.2) is 32.1 Å². The van der Waals surface area contributed by atoms with Crippen LogP contribution in [0.25, 0.3) is 0 Å². The van der Waals surface area contributed by atoms with Crippen molar-refractivity contribution in [3.8, 4) is 0 Å². The maximum atomic E-state index is 13.3. The highest BCUT2D eigenvalue weighted by Gasteiger charge is 2.58. The average molecular weight is 251 g/mol. The summed E-state index contributed by atoms with van der Waals surface area (Å²) in [5.41, 5.74) is 0.314. The molecule has 1 saturated carbocycles. The standard InChI is InChI=1S/C14H18FNO2/c1-16(2)12(10-5-4-6-11(15)9-10)14(7-8-14)13(17)18-3/h4-6,9,12H,7-8H2,1-3H3. The van der Waals surface area contributed by atoms with Crippen LogP contribution in [0.15, 0.2) is 24.3 Å². The maximum Gasteiger partial charge on any atom is 0.313 e. The van der Waals surface area contributed by atoms with E-state index in [1.807, 2.05) is 25.1 Å². The van der Waals surface area contributed by atoms with Gasteiger partial charge in [-0.2, -0.15) is 0 Å². The molecule has 0 amide bonds. The second kappa shape index (κ2) is 4.69. The second-order valence-corrected chi connectivity index (χ2v) is 5.07. The third-order valence-corrected chi connectivity index (χ3v) is 3.58. The molecule has 0 saturated heterocycles. The number of esters is 1. The molecule has 1 aliphatic rings. The smallest absolute Gasteiger partial charge is 0.313 e. The van der Waals surface area contributed by atoms with Crippen LogP contribution in [0.4, 0.5) is 4.39 Å². The topological polar surface area (TPSA) is 29.5 Å². The molecular weight excluding hydrogens is 233 g/mol. The molecule has 1 unspecified atom stereocenters. The van der Waals surface area contributed by atoms with Crippen molar-refractivity contribution in [3.05, 3.63) is 35.6 Å². The van der Waals surface area contributed by atoms with Crippen LogP contribution < -0.4 is 0 Å². The van der Waals surface area contributed by atoms with Gasteiger partial charge < -0.3 is 9.64 Å². The number of carbonyl (C=O) groups excluding carboxylic acids is 1. The first kappa shape index (κ1) is 13.0. The molecule has 3 nitrogen and oxygen atoms in total. The van der Waals surface area contributed by atoms with Crippen molar-refractivity contribution < 1.29 is 13.9 Å². The Morgan fingerprint density at radius 1 is 1.44 bits per heavy atom. The van der Waals surface area contributed by atoms with Gasteiger partial charge in [0.2, 0.25) is 0 Å². The zero-order chi connectivity index (χ0) is 13.3. The number of methoxy groups -OCH3 is 1. The average Bonchev–Trinajstić information content (AvgIpc) is 3.09. The SMILES string of the molecule is COC(=O)C1(C(c2cccc(F)c2)N(C)C)CC1. The van der Waals surface area contributed by atoms with E-state index in [0.717, 1.165) is 18.4 Å². The second-order valence-electron chi connectivity index (χ2n) is 5.07. The van der Waals surface area contributed by atoms with Crippen molar-refractivity contribution in [1.82, 2.24) is 4.90 Å². The predicted molar refractivity (Wildman–Crippen MR) is 66.5 cm³/mol. The predicted octanol–water partition coefficient (Wildman–Crippen LogP) is 2.38. The summed E-state index contributed by atoms with van der Waals surface area (Å²) in [6.45, 7) is 0. The molecule has 2 rings (SSSR count). The van der Waals surface area contributed by atoms with E-state index in [4.69, 9.17) is 4.74 Å². The first-order valence-corrected chi connectivity index (χ1v) is 6.01. The van der Waals surface area contributed by atoms with Gasteiger partial charge in [0.1, 0.15) is 5.82 Å². The van der Waals surface area contributed by atoms with Crippen LogP contribution in [0.3, 0.4) is 0 Å². The monoisotopic (exact) mass is 251 g/mol. The molecule has 1 aromatic rings. The summed E-state index contributed by atoms with van der Waals surface area (Å²) < 4.78 is 18.2. The third kappa shape index (κ3) is 2.12. The maximum absolute atomic E-state index is 13.3. The molecule has 0 bridgehead atoms. The van der Waals surface area contributed by atoms with E-state index in [9.17, 15) is 9.18 Å². The zero-order valence-electron chi connectivity index (χ0n) is 10.9. The normalized spacial score (nSPS) is 18.5. The van der Waals surface area contributed by atoms with E-state index in [1.165, 1.54) is 19.2 Å². The van der Waals surface area contributed by atoms with Crippen molar-refractivity contribution in [2.24, 2.45) is 5.41 Å². The number of hydrogen-bond acceptors (Lipinski definition) is 3. The van der Waals surface area contributed by atoms with Crippen molar-refractivity contribution in [2.45, 2.75) is 18.9 Å². The van der Waals surface area contributed by atoms with Gasteiger partial charge in [0, 0.05) is 0 Å². The molecule has 0 aliphatic heterocycles. The Kier molecular flexibility index (Phi) is 3.39. The van der Waals surface area contributed by atoms with Crippen LogP contribution in [0.1, 0.15) is 24.4 Å². The molecule has 18 heavy (non-hydrogen) atoms. The molecule has 1 aliphatic carbocycles. The molecule has 1 fully saturated rings. The highest BCUT2D eigenvalue weighted by atomic mass is 19.1. The van der Waals surface area contributed by atoms with Gasteiger partial charge in [0.25, 0.3) is 0 Å². The highest BCUT2D eigenvalue weighted by Crippen LogP contribution is 2.57. The zero-order valence-corrected chi connectivity index (χ0v) is 10.9. The largest absolute Gasteiger partial charge is 0.469 e. The van der Waals surface area contributed by atoms with E-state index >= 15 is 0 Å². The van der Waals surface area contributed by atoms with Crippen LogP contribution >= 0.6 is 0 Å².